The van der Waals surface area contributed by atoms with E-state index in [1.165, 1.54) is 4.52 Å². The van der Waals surface area contributed by atoms with Crippen molar-refractivity contribution < 1.29 is 5.11 Å². The van der Waals surface area contributed by atoms with Crippen LogP contribution in [0.5, 0.6) is 5.75 Å². The van der Waals surface area contributed by atoms with Gasteiger partial charge in [0.15, 0.2) is 0 Å². The van der Waals surface area contributed by atoms with Gasteiger partial charge in [-0.25, -0.2) is 4.52 Å². The summed E-state index contributed by atoms with van der Waals surface area (Å²) < 4.78 is 2.29. The van der Waals surface area contributed by atoms with Crippen LogP contribution >= 0.6 is 15.9 Å². The van der Waals surface area contributed by atoms with Gasteiger partial charge >= 0.3 is 0 Å². The molecule has 1 N–H and O–H groups in total. The molecule has 0 radical (unpaired) electrons. The van der Waals surface area contributed by atoms with E-state index in [0.29, 0.717) is 11.1 Å². The summed E-state index contributed by atoms with van der Waals surface area (Å²) >= 11 is 3.24. The number of hydrogen-bond donors (Lipinski definition) is 1. The standard InChI is InChI=1S/C9H5BrN2O/c1-2-6-4-11-12-5-7(10)3-8(13)9(6)12/h1,3-5,13H. The Kier molecular flexibility index (Phi) is 1.74. The van der Waals surface area contributed by atoms with Crippen LogP contribution in [0.3, 0.4) is 0 Å². The molecule has 0 spiro atoms. The Bertz CT molecular complexity index is 510. The average molecular weight is 237 g/mol. The number of pyridine rings is 1. The van der Waals surface area contributed by atoms with Crippen LogP contribution in [0, 0.1) is 12.3 Å². The molecule has 64 valence electrons. The minimum atomic E-state index is 0.125. The Hall–Kier alpha value is -1.47. The van der Waals surface area contributed by atoms with E-state index in [4.69, 9.17) is 6.42 Å². The molecule has 0 bridgehead atoms. The van der Waals surface area contributed by atoms with Gasteiger partial charge in [0.2, 0.25) is 0 Å². The Labute approximate surface area is 83.1 Å². The molecule has 0 aliphatic carbocycles. The van der Waals surface area contributed by atoms with Gasteiger partial charge in [0.05, 0.1) is 11.8 Å². The SMILES string of the molecule is C#Cc1cnn2cc(Br)cc(O)c12. The number of aromatic hydroxyl groups is 1. The lowest BCUT2D eigenvalue weighted by molar-refractivity contribution is 0.478. The molecule has 13 heavy (non-hydrogen) atoms. The third-order valence-electron chi connectivity index (χ3n) is 1.71. The topological polar surface area (TPSA) is 37.5 Å². The van der Waals surface area contributed by atoms with E-state index in [1.807, 2.05) is 0 Å². The maximum absolute atomic E-state index is 9.57. The van der Waals surface area contributed by atoms with Crippen LogP contribution in [0.4, 0.5) is 0 Å². The second kappa shape index (κ2) is 2.79. The van der Waals surface area contributed by atoms with Crippen LogP contribution in [0.25, 0.3) is 5.52 Å². The van der Waals surface area contributed by atoms with Gasteiger partial charge in [-0.3, -0.25) is 0 Å². The van der Waals surface area contributed by atoms with E-state index in [1.54, 1.807) is 18.5 Å². The van der Waals surface area contributed by atoms with Crippen molar-refractivity contribution in [2.75, 3.05) is 0 Å². The molecule has 0 aromatic carbocycles. The molecule has 0 unspecified atom stereocenters. The lowest BCUT2D eigenvalue weighted by Crippen LogP contribution is -1.86. The Morgan fingerprint density at radius 3 is 3.08 bits per heavy atom. The molecular formula is C9H5BrN2O. The van der Waals surface area contributed by atoms with Gasteiger partial charge in [0.1, 0.15) is 11.3 Å². The fraction of sp³-hybridized carbons (Fsp3) is 0. The predicted octanol–water partition coefficient (Wildman–Crippen LogP) is 1.78. The second-order valence-corrected chi connectivity index (χ2v) is 3.45. The monoisotopic (exact) mass is 236 g/mol. The highest BCUT2D eigenvalue weighted by molar-refractivity contribution is 9.10. The summed E-state index contributed by atoms with van der Waals surface area (Å²) in [7, 11) is 0. The molecule has 2 aromatic heterocycles. The number of rotatable bonds is 0. The van der Waals surface area contributed by atoms with Crippen LogP contribution < -0.4 is 0 Å². The van der Waals surface area contributed by atoms with E-state index in [0.717, 1.165) is 4.47 Å². The van der Waals surface area contributed by atoms with Gasteiger partial charge in [-0.2, -0.15) is 5.10 Å². The molecule has 3 nitrogen and oxygen atoms in total. The Morgan fingerprint density at radius 2 is 2.38 bits per heavy atom. The molecule has 4 heteroatoms. The van der Waals surface area contributed by atoms with Crippen molar-refractivity contribution >= 4 is 21.4 Å². The lowest BCUT2D eigenvalue weighted by Gasteiger charge is -1.98. The van der Waals surface area contributed by atoms with Gasteiger partial charge < -0.3 is 5.11 Å². The van der Waals surface area contributed by atoms with Crippen molar-refractivity contribution in [1.29, 1.82) is 0 Å². The third-order valence-corrected chi connectivity index (χ3v) is 2.15. The molecule has 2 aromatic rings. The van der Waals surface area contributed by atoms with Crippen molar-refractivity contribution in [3.8, 4) is 18.1 Å². The predicted molar refractivity (Wildman–Crippen MR) is 52.5 cm³/mol. The van der Waals surface area contributed by atoms with E-state index < -0.39 is 0 Å². The molecule has 0 saturated heterocycles. The zero-order chi connectivity index (χ0) is 9.42. The first kappa shape index (κ1) is 8.14. The van der Waals surface area contributed by atoms with Crippen LogP contribution in [0.15, 0.2) is 22.9 Å². The fourth-order valence-electron chi connectivity index (χ4n) is 1.17. The van der Waals surface area contributed by atoms with Crippen molar-refractivity contribution in [2.45, 2.75) is 0 Å². The minimum Gasteiger partial charge on any atom is -0.506 e. The van der Waals surface area contributed by atoms with Crippen molar-refractivity contribution in [2.24, 2.45) is 0 Å². The van der Waals surface area contributed by atoms with Crippen LogP contribution in [0.1, 0.15) is 5.56 Å². The van der Waals surface area contributed by atoms with E-state index in [-0.39, 0.29) is 5.75 Å². The summed E-state index contributed by atoms with van der Waals surface area (Å²) in [6.45, 7) is 0. The summed E-state index contributed by atoms with van der Waals surface area (Å²) in [5.74, 6) is 2.58. The van der Waals surface area contributed by atoms with Gasteiger partial charge in [0, 0.05) is 10.7 Å². The zero-order valence-corrected chi connectivity index (χ0v) is 8.12. The fourth-order valence-corrected chi connectivity index (χ4v) is 1.58. The summed E-state index contributed by atoms with van der Waals surface area (Å²) in [6.07, 6.45) is 8.52. The normalized spacial score (nSPS) is 10.2. The molecule has 0 aliphatic rings. The van der Waals surface area contributed by atoms with E-state index in [2.05, 4.69) is 26.9 Å². The first-order valence-corrected chi connectivity index (χ1v) is 4.34. The minimum absolute atomic E-state index is 0.125. The molecule has 0 atom stereocenters. The molecule has 2 heterocycles. The van der Waals surface area contributed by atoms with Crippen LogP contribution in [-0.4, -0.2) is 14.7 Å². The van der Waals surface area contributed by atoms with Crippen LogP contribution in [-0.2, 0) is 0 Å². The molecule has 0 fully saturated rings. The quantitative estimate of drug-likeness (QED) is 0.709. The van der Waals surface area contributed by atoms with Gasteiger partial charge in [-0.15, -0.1) is 6.42 Å². The van der Waals surface area contributed by atoms with Gasteiger partial charge in [-0.05, 0) is 22.0 Å². The zero-order valence-electron chi connectivity index (χ0n) is 6.53. The first-order valence-electron chi connectivity index (χ1n) is 3.55. The number of hydrogen-bond acceptors (Lipinski definition) is 2. The number of halogens is 1. The molecule has 0 amide bonds. The average Bonchev–Trinajstić information content (AvgIpc) is 2.47. The lowest BCUT2D eigenvalue weighted by atomic mass is 10.2. The first-order chi connectivity index (χ1) is 6.22. The maximum atomic E-state index is 9.57. The van der Waals surface area contributed by atoms with E-state index >= 15 is 0 Å². The highest BCUT2D eigenvalue weighted by Gasteiger charge is 2.07. The van der Waals surface area contributed by atoms with Crippen molar-refractivity contribution in [3.63, 3.8) is 0 Å². The van der Waals surface area contributed by atoms with Crippen molar-refractivity contribution in [1.82, 2.24) is 9.61 Å². The van der Waals surface area contributed by atoms with Gasteiger partial charge in [-0.1, -0.05) is 5.92 Å². The van der Waals surface area contributed by atoms with Crippen molar-refractivity contribution in [3.05, 3.63) is 28.5 Å². The highest BCUT2D eigenvalue weighted by atomic mass is 79.9. The summed E-state index contributed by atoms with van der Waals surface area (Å²) in [5.41, 5.74) is 1.15. The summed E-state index contributed by atoms with van der Waals surface area (Å²) in [5, 5.41) is 13.6. The summed E-state index contributed by atoms with van der Waals surface area (Å²) in [4.78, 5) is 0. The Morgan fingerprint density at radius 1 is 1.62 bits per heavy atom. The van der Waals surface area contributed by atoms with Gasteiger partial charge in [0.25, 0.3) is 0 Å². The smallest absolute Gasteiger partial charge is 0.143 e. The molecule has 2 rings (SSSR count). The molecule has 0 aliphatic heterocycles. The largest absolute Gasteiger partial charge is 0.506 e. The number of terminal acetylenes is 1. The maximum Gasteiger partial charge on any atom is 0.143 e. The number of fused-ring (bicyclic) bond motifs is 1. The number of nitrogens with zero attached hydrogens (tertiary/aromatic N) is 2. The number of aromatic nitrogens is 2. The Balaban J connectivity index is 2.92. The highest BCUT2D eigenvalue weighted by Crippen LogP contribution is 2.25. The third kappa shape index (κ3) is 1.18. The molecular weight excluding hydrogens is 232 g/mol. The van der Waals surface area contributed by atoms with E-state index in [9.17, 15) is 5.11 Å². The summed E-state index contributed by atoms with van der Waals surface area (Å²) in [6, 6.07) is 1.58. The second-order valence-electron chi connectivity index (χ2n) is 2.54. The van der Waals surface area contributed by atoms with Crippen LogP contribution in [0.2, 0.25) is 0 Å². The molecule has 0 saturated carbocycles.